The maximum absolute atomic E-state index is 9.33. The van der Waals surface area contributed by atoms with Crippen molar-refractivity contribution in [3.63, 3.8) is 0 Å². The Morgan fingerprint density at radius 1 is 1.00 bits per heavy atom. The molecule has 0 fully saturated rings. The molecule has 1 N–H and O–H groups in total. The number of aliphatic hydroxyl groups excluding tert-OH is 1. The van der Waals surface area contributed by atoms with Gasteiger partial charge in [0.25, 0.3) is 0 Å². The standard InChI is InChI=1S/C12H27NO/c1-4-7-8-12(11-14)13(9-5-2)10-6-3/h12,14H,4-11H2,1-3H3. The van der Waals surface area contributed by atoms with Gasteiger partial charge in [0.2, 0.25) is 0 Å². The molecule has 0 amide bonds. The van der Waals surface area contributed by atoms with Gasteiger partial charge in [0.05, 0.1) is 6.61 Å². The molecule has 86 valence electrons. The van der Waals surface area contributed by atoms with Crippen LogP contribution < -0.4 is 0 Å². The number of nitrogens with zero attached hydrogens (tertiary/aromatic N) is 1. The van der Waals surface area contributed by atoms with Crippen molar-refractivity contribution < 1.29 is 5.11 Å². The monoisotopic (exact) mass is 201 g/mol. The first-order chi connectivity index (χ1) is 6.79. The molecule has 1 unspecified atom stereocenters. The minimum atomic E-state index is 0.319. The predicted octanol–water partition coefficient (Wildman–Crippen LogP) is 2.66. The van der Waals surface area contributed by atoms with Crippen molar-refractivity contribution in [1.29, 1.82) is 0 Å². The first-order valence-electron chi connectivity index (χ1n) is 6.14. The molecule has 0 rings (SSSR count). The Labute approximate surface area is 89.3 Å². The number of hydrogen-bond donors (Lipinski definition) is 1. The number of hydrogen-bond acceptors (Lipinski definition) is 2. The van der Waals surface area contributed by atoms with Gasteiger partial charge in [-0.15, -0.1) is 0 Å². The van der Waals surface area contributed by atoms with Crippen molar-refractivity contribution in [2.24, 2.45) is 0 Å². The molecule has 14 heavy (non-hydrogen) atoms. The topological polar surface area (TPSA) is 23.5 Å². The zero-order valence-electron chi connectivity index (χ0n) is 10.1. The minimum absolute atomic E-state index is 0.319. The van der Waals surface area contributed by atoms with Gasteiger partial charge in [-0.05, 0) is 32.4 Å². The van der Waals surface area contributed by atoms with Crippen LogP contribution in [0.1, 0.15) is 52.9 Å². The zero-order valence-corrected chi connectivity index (χ0v) is 10.1. The van der Waals surface area contributed by atoms with E-state index in [0.717, 1.165) is 19.5 Å². The van der Waals surface area contributed by atoms with E-state index in [2.05, 4.69) is 25.7 Å². The maximum atomic E-state index is 9.33. The molecule has 2 nitrogen and oxygen atoms in total. The molecule has 0 heterocycles. The third kappa shape index (κ3) is 5.61. The van der Waals surface area contributed by atoms with Gasteiger partial charge in [0.1, 0.15) is 0 Å². The van der Waals surface area contributed by atoms with Crippen LogP contribution in [0.15, 0.2) is 0 Å². The summed E-state index contributed by atoms with van der Waals surface area (Å²) in [4.78, 5) is 2.44. The van der Waals surface area contributed by atoms with E-state index < -0.39 is 0 Å². The van der Waals surface area contributed by atoms with Gasteiger partial charge in [0.15, 0.2) is 0 Å². The summed E-state index contributed by atoms with van der Waals surface area (Å²) in [5.74, 6) is 0. The lowest BCUT2D eigenvalue weighted by Crippen LogP contribution is -2.39. The van der Waals surface area contributed by atoms with E-state index in [1.165, 1.54) is 25.7 Å². The summed E-state index contributed by atoms with van der Waals surface area (Å²) in [6, 6.07) is 0.398. The van der Waals surface area contributed by atoms with Gasteiger partial charge in [-0.1, -0.05) is 33.6 Å². The SMILES string of the molecule is CCCCC(CO)N(CCC)CCC. The fourth-order valence-electron chi connectivity index (χ4n) is 1.88. The fourth-order valence-corrected chi connectivity index (χ4v) is 1.88. The fraction of sp³-hybridized carbons (Fsp3) is 1.00. The second kappa shape index (κ2) is 9.47. The third-order valence-electron chi connectivity index (χ3n) is 2.64. The molecule has 0 aromatic heterocycles. The highest BCUT2D eigenvalue weighted by Gasteiger charge is 2.14. The minimum Gasteiger partial charge on any atom is -0.395 e. The molecule has 0 saturated carbocycles. The molecular weight excluding hydrogens is 174 g/mol. The van der Waals surface area contributed by atoms with E-state index in [0.29, 0.717) is 12.6 Å². The molecule has 0 aliphatic heterocycles. The summed E-state index contributed by atoms with van der Waals surface area (Å²) in [7, 11) is 0. The van der Waals surface area contributed by atoms with Crippen LogP contribution in [0.25, 0.3) is 0 Å². The van der Waals surface area contributed by atoms with Gasteiger partial charge in [-0.2, -0.15) is 0 Å². The summed E-state index contributed by atoms with van der Waals surface area (Å²) in [5, 5.41) is 9.33. The van der Waals surface area contributed by atoms with Crippen molar-refractivity contribution in [2.45, 2.75) is 58.9 Å². The average Bonchev–Trinajstić information content (AvgIpc) is 2.19. The molecule has 0 aliphatic carbocycles. The summed E-state index contributed by atoms with van der Waals surface area (Å²) >= 11 is 0. The molecule has 0 bridgehead atoms. The van der Waals surface area contributed by atoms with E-state index in [4.69, 9.17) is 0 Å². The maximum Gasteiger partial charge on any atom is 0.0586 e. The Morgan fingerprint density at radius 3 is 1.93 bits per heavy atom. The molecule has 0 spiro atoms. The van der Waals surface area contributed by atoms with Gasteiger partial charge >= 0.3 is 0 Å². The van der Waals surface area contributed by atoms with Crippen LogP contribution in [0.2, 0.25) is 0 Å². The Bertz CT molecular complexity index is 111. The second-order valence-electron chi connectivity index (χ2n) is 4.01. The lowest BCUT2D eigenvalue weighted by atomic mass is 10.1. The van der Waals surface area contributed by atoms with Crippen LogP contribution in [-0.2, 0) is 0 Å². The number of aliphatic hydroxyl groups is 1. The summed E-state index contributed by atoms with van der Waals surface area (Å²) in [6.45, 7) is 9.19. The van der Waals surface area contributed by atoms with Crippen molar-refractivity contribution in [3.05, 3.63) is 0 Å². The molecular formula is C12H27NO. The van der Waals surface area contributed by atoms with Crippen molar-refractivity contribution in [1.82, 2.24) is 4.90 Å². The average molecular weight is 201 g/mol. The van der Waals surface area contributed by atoms with Gasteiger partial charge in [-0.3, -0.25) is 4.90 Å². The van der Waals surface area contributed by atoms with Crippen LogP contribution in [0.5, 0.6) is 0 Å². The Hall–Kier alpha value is -0.0800. The van der Waals surface area contributed by atoms with Gasteiger partial charge in [0, 0.05) is 6.04 Å². The summed E-state index contributed by atoms with van der Waals surface area (Å²) < 4.78 is 0. The largest absolute Gasteiger partial charge is 0.395 e. The van der Waals surface area contributed by atoms with Crippen molar-refractivity contribution in [2.75, 3.05) is 19.7 Å². The Kier molecular flexibility index (Phi) is 9.42. The lowest BCUT2D eigenvalue weighted by Gasteiger charge is -2.29. The quantitative estimate of drug-likeness (QED) is 0.620. The number of unbranched alkanes of at least 4 members (excludes halogenated alkanes) is 1. The summed E-state index contributed by atoms with van der Waals surface area (Å²) in [5.41, 5.74) is 0. The van der Waals surface area contributed by atoms with Crippen molar-refractivity contribution >= 4 is 0 Å². The van der Waals surface area contributed by atoms with Gasteiger partial charge < -0.3 is 5.11 Å². The third-order valence-corrected chi connectivity index (χ3v) is 2.64. The summed E-state index contributed by atoms with van der Waals surface area (Å²) in [6.07, 6.45) is 5.97. The van der Waals surface area contributed by atoms with Crippen LogP contribution in [-0.4, -0.2) is 35.7 Å². The van der Waals surface area contributed by atoms with Crippen LogP contribution in [0.3, 0.4) is 0 Å². The highest BCUT2D eigenvalue weighted by Crippen LogP contribution is 2.09. The van der Waals surface area contributed by atoms with Crippen LogP contribution in [0, 0.1) is 0 Å². The van der Waals surface area contributed by atoms with E-state index in [-0.39, 0.29) is 0 Å². The second-order valence-corrected chi connectivity index (χ2v) is 4.01. The molecule has 0 saturated heterocycles. The molecule has 0 aromatic carbocycles. The molecule has 0 aliphatic rings. The molecule has 0 aromatic rings. The first-order valence-corrected chi connectivity index (χ1v) is 6.14. The highest BCUT2D eigenvalue weighted by atomic mass is 16.3. The molecule has 1 atom stereocenters. The van der Waals surface area contributed by atoms with E-state index in [1.807, 2.05) is 0 Å². The molecule has 2 heteroatoms. The Morgan fingerprint density at radius 2 is 1.57 bits per heavy atom. The van der Waals surface area contributed by atoms with Crippen molar-refractivity contribution in [3.8, 4) is 0 Å². The highest BCUT2D eigenvalue weighted by molar-refractivity contribution is 4.70. The number of rotatable bonds is 9. The van der Waals surface area contributed by atoms with Gasteiger partial charge in [-0.25, -0.2) is 0 Å². The van der Waals surface area contributed by atoms with E-state index in [1.54, 1.807) is 0 Å². The van der Waals surface area contributed by atoms with E-state index >= 15 is 0 Å². The first kappa shape index (κ1) is 13.9. The zero-order chi connectivity index (χ0) is 10.8. The normalized spacial score (nSPS) is 13.5. The lowest BCUT2D eigenvalue weighted by molar-refractivity contribution is 0.114. The van der Waals surface area contributed by atoms with E-state index in [9.17, 15) is 5.11 Å². The van der Waals surface area contributed by atoms with Crippen LogP contribution in [0.4, 0.5) is 0 Å². The molecule has 0 radical (unpaired) electrons. The smallest absolute Gasteiger partial charge is 0.0586 e. The predicted molar refractivity (Wildman–Crippen MR) is 62.6 cm³/mol. The Balaban J connectivity index is 3.96. The van der Waals surface area contributed by atoms with Crippen LogP contribution >= 0.6 is 0 Å².